The highest BCUT2D eigenvalue weighted by atomic mass is 32.2. The number of alkyl halides is 3. The normalized spacial score (nSPS) is 21.6. The predicted octanol–water partition coefficient (Wildman–Crippen LogP) is 2.51. The van der Waals surface area contributed by atoms with E-state index >= 15 is 0 Å². The summed E-state index contributed by atoms with van der Waals surface area (Å²) < 4.78 is 74.5. The highest BCUT2D eigenvalue weighted by Crippen LogP contribution is 2.32. The van der Waals surface area contributed by atoms with Crippen molar-refractivity contribution in [1.82, 2.24) is 5.32 Å². The van der Waals surface area contributed by atoms with Gasteiger partial charge in [-0.1, -0.05) is 6.07 Å². The van der Waals surface area contributed by atoms with Crippen LogP contribution in [0.3, 0.4) is 0 Å². The van der Waals surface area contributed by atoms with Gasteiger partial charge in [-0.05, 0) is 30.5 Å². The number of hydrogen-bond acceptors (Lipinski definition) is 3. The third-order valence-corrected chi connectivity index (χ3v) is 5.80. The maximum Gasteiger partial charge on any atom is 0.416 e. The molecule has 1 heterocycles. The molecule has 1 atom stereocenters. The zero-order chi connectivity index (χ0) is 15.7. The summed E-state index contributed by atoms with van der Waals surface area (Å²) in [5.41, 5.74) is -1.14. The molecule has 1 saturated heterocycles. The lowest BCUT2D eigenvalue weighted by Crippen LogP contribution is -2.30. The monoisotopic (exact) mass is 325 g/mol. The Bertz CT molecular complexity index is 613. The second-order valence-corrected chi connectivity index (χ2v) is 7.46. The zero-order valence-electron chi connectivity index (χ0n) is 11.1. The van der Waals surface area contributed by atoms with Crippen LogP contribution in [0, 0.1) is 5.82 Å². The molecule has 0 spiro atoms. The average Bonchev–Trinajstić information content (AvgIpc) is 2.69. The molecule has 118 valence electrons. The third kappa shape index (κ3) is 3.94. The van der Waals surface area contributed by atoms with Gasteiger partial charge < -0.3 is 5.32 Å². The number of halogens is 4. The van der Waals surface area contributed by atoms with Gasteiger partial charge >= 0.3 is 6.18 Å². The Morgan fingerprint density at radius 1 is 1.29 bits per heavy atom. The van der Waals surface area contributed by atoms with E-state index in [0.717, 1.165) is 12.1 Å². The van der Waals surface area contributed by atoms with Crippen LogP contribution >= 0.6 is 0 Å². The summed E-state index contributed by atoms with van der Waals surface area (Å²) in [4.78, 5) is 0. The smallest absolute Gasteiger partial charge is 0.311 e. The van der Waals surface area contributed by atoms with Crippen LogP contribution in [0.1, 0.15) is 24.0 Å². The minimum Gasteiger partial charge on any atom is -0.311 e. The summed E-state index contributed by atoms with van der Waals surface area (Å²) in [5.74, 6) is -0.826. The van der Waals surface area contributed by atoms with Crippen molar-refractivity contribution >= 4 is 9.84 Å². The lowest BCUT2D eigenvalue weighted by atomic mass is 10.1. The van der Waals surface area contributed by atoms with Crippen molar-refractivity contribution in [1.29, 1.82) is 0 Å². The molecule has 8 heteroatoms. The number of rotatable bonds is 4. The van der Waals surface area contributed by atoms with Gasteiger partial charge in [0.1, 0.15) is 5.82 Å². The largest absolute Gasteiger partial charge is 0.416 e. The van der Waals surface area contributed by atoms with Crippen LogP contribution in [-0.4, -0.2) is 26.0 Å². The molecule has 0 saturated carbocycles. The molecule has 1 N–H and O–H groups in total. The zero-order valence-corrected chi connectivity index (χ0v) is 11.9. The predicted molar refractivity (Wildman–Crippen MR) is 69.9 cm³/mol. The fourth-order valence-corrected chi connectivity index (χ4v) is 4.22. The maximum atomic E-state index is 12.9. The summed E-state index contributed by atoms with van der Waals surface area (Å²) in [7, 11) is -3.13. The van der Waals surface area contributed by atoms with Crippen molar-refractivity contribution in [3.63, 3.8) is 0 Å². The minimum atomic E-state index is -4.64. The van der Waals surface area contributed by atoms with Gasteiger partial charge in [-0.25, -0.2) is 12.8 Å². The quantitative estimate of drug-likeness (QED) is 0.865. The first-order valence-corrected chi connectivity index (χ1v) is 8.19. The summed E-state index contributed by atoms with van der Waals surface area (Å²) in [6.07, 6.45) is -3.54. The first-order valence-electron chi connectivity index (χ1n) is 6.48. The molecule has 1 aromatic rings. The van der Waals surface area contributed by atoms with Crippen LogP contribution in [0.5, 0.6) is 0 Å². The van der Waals surface area contributed by atoms with Crippen LogP contribution < -0.4 is 5.32 Å². The van der Waals surface area contributed by atoms with E-state index in [0.29, 0.717) is 18.9 Å². The molecule has 1 aromatic carbocycles. The molecule has 0 aliphatic carbocycles. The van der Waals surface area contributed by atoms with Crippen molar-refractivity contribution in [3.05, 3.63) is 35.1 Å². The summed E-state index contributed by atoms with van der Waals surface area (Å²) in [6, 6.07) is 2.47. The van der Waals surface area contributed by atoms with Gasteiger partial charge in [-0.2, -0.15) is 13.2 Å². The van der Waals surface area contributed by atoms with Crippen LogP contribution in [-0.2, 0) is 22.6 Å². The lowest BCUT2D eigenvalue weighted by molar-refractivity contribution is -0.138. The highest BCUT2D eigenvalue weighted by Gasteiger charge is 2.34. The SMILES string of the molecule is O=S1(=O)CCCC1CNCc1ccc(F)cc1C(F)(F)F. The maximum absolute atomic E-state index is 12.9. The molecule has 1 fully saturated rings. The summed E-state index contributed by atoms with van der Waals surface area (Å²) >= 11 is 0. The summed E-state index contributed by atoms with van der Waals surface area (Å²) in [5, 5.41) is 2.18. The van der Waals surface area contributed by atoms with E-state index in [9.17, 15) is 26.0 Å². The van der Waals surface area contributed by atoms with Crippen LogP contribution in [0.2, 0.25) is 0 Å². The van der Waals surface area contributed by atoms with Gasteiger partial charge in [0.05, 0.1) is 16.6 Å². The van der Waals surface area contributed by atoms with E-state index in [2.05, 4.69) is 5.32 Å². The Morgan fingerprint density at radius 2 is 2.00 bits per heavy atom. The van der Waals surface area contributed by atoms with Gasteiger partial charge in [0.2, 0.25) is 0 Å². The minimum absolute atomic E-state index is 0.0979. The molecular weight excluding hydrogens is 310 g/mol. The Morgan fingerprint density at radius 3 is 2.57 bits per heavy atom. The van der Waals surface area contributed by atoms with E-state index in [4.69, 9.17) is 0 Å². The number of nitrogens with one attached hydrogen (secondary N) is 1. The molecule has 0 amide bonds. The molecular formula is C13H15F4NO2S. The van der Waals surface area contributed by atoms with Gasteiger partial charge in [-0.15, -0.1) is 0 Å². The van der Waals surface area contributed by atoms with E-state index < -0.39 is 32.6 Å². The first kappa shape index (κ1) is 16.2. The molecule has 1 aliphatic heterocycles. The van der Waals surface area contributed by atoms with Crippen molar-refractivity contribution in [2.24, 2.45) is 0 Å². The van der Waals surface area contributed by atoms with Crippen LogP contribution in [0.4, 0.5) is 17.6 Å². The van der Waals surface area contributed by atoms with E-state index in [-0.39, 0.29) is 24.4 Å². The standard InChI is InChI=1S/C13H15F4NO2S/c14-10-4-3-9(12(6-10)13(15,16)17)7-18-8-11-2-1-5-21(11,19)20/h3-4,6,11,18H,1-2,5,7-8H2. The second kappa shape index (κ2) is 5.92. The van der Waals surface area contributed by atoms with Gasteiger partial charge in [-0.3, -0.25) is 0 Å². The topological polar surface area (TPSA) is 46.2 Å². The Kier molecular flexibility index (Phi) is 4.57. The molecule has 0 aromatic heterocycles. The van der Waals surface area contributed by atoms with E-state index in [1.165, 1.54) is 0 Å². The number of sulfone groups is 1. The first-order chi connectivity index (χ1) is 9.70. The Balaban J connectivity index is 2.04. The molecule has 21 heavy (non-hydrogen) atoms. The lowest BCUT2D eigenvalue weighted by Gasteiger charge is -2.15. The highest BCUT2D eigenvalue weighted by molar-refractivity contribution is 7.92. The molecule has 0 radical (unpaired) electrons. The van der Waals surface area contributed by atoms with Crippen molar-refractivity contribution in [2.75, 3.05) is 12.3 Å². The Hall–Kier alpha value is -1.15. The van der Waals surface area contributed by atoms with E-state index in [1.54, 1.807) is 0 Å². The van der Waals surface area contributed by atoms with E-state index in [1.807, 2.05) is 0 Å². The van der Waals surface area contributed by atoms with Crippen molar-refractivity contribution in [2.45, 2.75) is 30.8 Å². The molecule has 3 nitrogen and oxygen atoms in total. The van der Waals surface area contributed by atoms with Crippen LogP contribution in [0.15, 0.2) is 18.2 Å². The fraction of sp³-hybridized carbons (Fsp3) is 0.538. The molecule has 2 rings (SSSR count). The third-order valence-electron chi connectivity index (χ3n) is 3.53. The summed E-state index contributed by atoms with van der Waals surface area (Å²) in [6.45, 7) is -0.0435. The number of hydrogen-bond donors (Lipinski definition) is 1. The second-order valence-electron chi connectivity index (χ2n) is 5.06. The molecule has 1 unspecified atom stereocenters. The molecule has 1 aliphatic rings. The van der Waals surface area contributed by atoms with Gasteiger partial charge in [0.15, 0.2) is 9.84 Å². The van der Waals surface area contributed by atoms with Crippen molar-refractivity contribution < 1.29 is 26.0 Å². The Labute approximate surface area is 120 Å². The number of benzene rings is 1. The average molecular weight is 325 g/mol. The van der Waals surface area contributed by atoms with Gasteiger partial charge in [0.25, 0.3) is 0 Å². The van der Waals surface area contributed by atoms with Gasteiger partial charge in [0, 0.05) is 13.1 Å². The van der Waals surface area contributed by atoms with Crippen molar-refractivity contribution in [3.8, 4) is 0 Å². The fourth-order valence-electron chi connectivity index (χ4n) is 2.42. The van der Waals surface area contributed by atoms with Crippen LogP contribution in [0.25, 0.3) is 0 Å². The molecule has 0 bridgehead atoms.